The van der Waals surface area contributed by atoms with Gasteiger partial charge in [-0.2, -0.15) is 0 Å². The van der Waals surface area contributed by atoms with Crippen LogP contribution in [0.2, 0.25) is 0 Å². The molecule has 1 heterocycles. The summed E-state index contributed by atoms with van der Waals surface area (Å²) in [6.07, 6.45) is 0. The van der Waals surface area contributed by atoms with Crippen LogP contribution in [0, 0.1) is 0 Å². The summed E-state index contributed by atoms with van der Waals surface area (Å²) in [4.78, 5) is 0. The molecule has 2 rings (SSSR count). The highest BCUT2D eigenvalue weighted by Crippen LogP contribution is 2.33. The Morgan fingerprint density at radius 2 is 2.21 bits per heavy atom. The van der Waals surface area contributed by atoms with E-state index in [4.69, 9.17) is 5.73 Å². The zero-order chi connectivity index (χ0) is 10.1. The molecule has 1 aromatic heterocycles. The van der Waals surface area contributed by atoms with E-state index in [2.05, 4.69) is 15.9 Å². The third-order valence-corrected chi connectivity index (χ3v) is 3.82. The normalized spacial score (nSPS) is 11.0. The number of hydrogen-bond donors (Lipinski definition) is 2. The largest absolute Gasteiger partial charge is 0.398 e. The number of thiophene rings is 1. The molecule has 0 amide bonds. The van der Waals surface area contributed by atoms with Crippen molar-refractivity contribution in [1.29, 1.82) is 0 Å². The minimum absolute atomic E-state index is 0.0729. The minimum Gasteiger partial charge on any atom is -0.398 e. The van der Waals surface area contributed by atoms with Gasteiger partial charge in [0.15, 0.2) is 0 Å². The predicted molar refractivity (Wildman–Crippen MR) is 64.8 cm³/mol. The molecule has 0 radical (unpaired) electrons. The van der Waals surface area contributed by atoms with Gasteiger partial charge in [-0.05, 0) is 28.6 Å². The molecule has 2 nitrogen and oxygen atoms in total. The molecule has 0 aliphatic heterocycles. The molecule has 0 aliphatic carbocycles. The Hall–Kier alpha value is -0.580. The van der Waals surface area contributed by atoms with E-state index in [1.54, 1.807) is 11.3 Å². The fourth-order valence-electron chi connectivity index (χ4n) is 1.55. The molecule has 0 atom stereocenters. The van der Waals surface area contributed by atoms with Crippen molar-refractivity contribution in [2.24, 2.45) is 0 Å². The van der Waals surface area contributed by atoms with Crippen LogP contribution in [-0.2, 0) is 11.9 Å². The van der Waals surface area contributed by atoms with Crippen molar-refractivity contribution < 1.29 is 5.11 Å². The Morgan fingerprint density at radius 3 is 2.86 bits per heavy atom. The Labute approximate surface area is 94.5 Å². The molecule has 0 spiro atoms. The summed E-state index contributed by atoms with van der Waals surface area (Å²) >= 11 is 5.06. The summed E-state index contributed by atoms with van der Waals surface area (Å²) in [5.74, 6) is 0. The highest BCUT2D eigenvalue weighted by Gasteiger charge is 2.09. The van der Waals surface area contributed by atoms with Gasteiger partial charge in [-0.3, -0.25) is 0 Å². The SMILES string of the molecule is Nc1ccc2scc(CO)c2c1CBr. The first-order valence-electron chi connectivity index (χ1n) is 4.22. The third-order valence-electron chi connectivity index (χ3n) is 2.26. The molecule has 0 bridgehead atoms. The first-order valence-corrected chi connectivity index (χ1v) is 6.22. The predicted octanol–water partition coefficient (Wildman–Crippen LogP) is 2.87. The van der Waals surface area contributed by atoms with E-state index in [0.29, 0.717) is 0 Å². The van der Waals surface area contributed by atoms with Crippen LogP contribution in [0.3, 0.4) is 0 Å². The van der Waals surface area contributed by atoms with E-state index in [-0.39, 0.29) is 6.61 Å². The maximum Gasteiger partial charge on any atom is 0.0696 e. The van der Waals surface area contributed by atoms with Gasteiger partial charge < -0.3 is 10.8 Å². The lowest BCUT2D eigenvalue weighted by Gasteiger charge is -2.05. The number of hydrogen-bond acceptors (Lipinski definition) is 3. The van der Waals surface area contributed by atoms with Crippen LogP contribution in [-0.4, -0.2) is 5.11 Å². The first-order chi connectivity index (χ1) is 6.77. The Morgan fingerprint density at radius 1 is 1.43 bits per heavy atom. The molecule has 0 saturated heterocycles. The van der Waals surface area contributed by atoms with Crippen LogP contribution in [0.15, 0.2) is 17.5 Å². The Bertz CT molecular complexity index is 466. The van der Waals surface area contributed by atoms with Gasteiger partial charge in [0.1, 0.15) is 0 Å². The number of alkyl halides is 1. The van der Waals surface area contributed by atoms with Crippen LogP contribution in [0.25, 0.3) is 10.1 Å². The summed E-state index contributed by atoms with van der Waals surface area (Å²) in [5, 5.41) is 13.0. The molecule has 2 aromatic rings. The monoisotopic (exact) mass is 271 g/mol. The number of anilines is 1. The van der Waals surface area contributed by atoms with Crippen molar-refractivity contribution in [1.82, 2.24) is 0 Å². The second-order valence-corrected chi connectivity index (χ2v) is 4.53. The molecule has 1 aromatic carbocycles. The minimum atomic E-state index is 0.0729. The number of benzene rings is 1. The molecule has 0 saturated carbocycles. The topological polar surface area (TPSA) is 46.2 Å². The van der Waals surface area contributed by atoms with Gasteiger partial charge in [0.25, 0.3) is 0 Å². The fourth-order valence-corrected chi connectivity index (χ4v) is 3.13. The Balaban J connectivity index is 2.81. The van der Waals surface area contributed by atoms with Crippen molar-refractivity contribution in [3.63, 3.8) is 0 Å². The van der Waals surface area contributed by atoms with E-state index in [1.165, 1.54) is 4.70 Å². The van der Waals surface area contributed by atoms with Gasteiger partial charge in [0, 0.05) is 21.1 Å². The second kappa shape index (κ2) is 3.88. The van der Waals surface area contributed by atoms with E-state index in [0.717, 1.165) is 27.5 Å². The van der Waals surface area contributed by atoms with Crippen molar-refractivity contribution in [2.75, 3.05) is 5.73 Å². The summed E-state index contributed by atoms with van der Waals surface area (Å²) in [6, 6.07) is 3.91. The smallest absolute Gasteiger partial charge is 0.0696 e. The molecule has 0 aliphatic rings. The van der Waals surface area contributed by atoms with Crippen LogP contribution in [0.5, 0.6) is 0 Å². The molecule has 14 heavy (non-hydrogen) atoms. The molecule has 4 heteroatoms. The van der Waals surface area contributed by atoms with Crippen molar-refractivity contribution >= 4 is 43.0 Å². The summed E-state index contributed by atoms with van der Waals surface area (Å²) in [5.41, 5.74) is 8.69. The van der Waals surface area contributed by atoms with E-state index < -0.39 is 0 Å². The number of rotatable bonds is 2. The average Bonchev–Trinajstić information content (AvgIpc) is 2.61. The quantitative estimate of drug-likeness (QED) is 0.652. The van der Waals surface area contributed by atoms with Gasteiger partial charge in [-0.25, -0.2) is 0 Å². The van der Waals surface area contributed by atoms with Crippen LogP contribution < -0.4 is 5.73 Å². The highest BCUT2D eigenvalue weighted by atomic mass is 79.9. The lowest BCUT2D eigenvalue weighted by Crippen LogP contribution is -1.93. The zero-order valence-electron chi connectivity index (χ0n) is 7.46. The lowest BCUT2D eigenvalue weighted by molar-refractivity contribution is 0.284. The maximum absolute atomic E-state index is 9.19. The molecular formula is C10H10BrNOS. The van der Waals surface area contributed by atoms with Crippen molar-refractivity contribution in [3.05, 3.63) is 28.6 Å². The lowest BCUT2D eigenvalue weighted by atomic mass is 10.1. The number of halogens is 1. The van der Waals surface area contributed by atoms with Crippen LogP contribution >= 0.6 is 27.3 Å². The molecular weight excluding hydrogens is 262 g/mol. The zero-order valence-corrected chi connectivity index (χ0v) is 9.86. The van der Waals surface area contributed by atoms with E-state index in [9.17, 15) is 5.11 Å². The van der Waals surface area contributed by atoms with E-state index >= 15 is 0 Å². The summed E-state index contributed by atoms with van der Waals surface area (Å²) in [7, 11) is 0. The Kier molecular flexibility index (Phi) is 2.76. The number of fused-ring (bicyclic) bond motifs is 1. The van der Waals surface area contributed by atoms with Gasteiger partial charge in [-0.1, -0.05) is 15.9 Å². The molecule has 3 N–H and O–H groups in total. The second-order valence-electron chi connectivity index (χ2n) is 3.06. The number of nitrogens with two attached hydrogens (primary N) is 1. The molecule has 0 fully saturated rings. The van der Waals surface area contributed by atoms with Gasteiger partial charge in [0.05, 0.1) is 6.61 Å². The standard InChI is InChI=1S/C10H10BrNOS/c11-3-7-8(12)1-2-9-10(7)6(4-13)5-14-9/h1-2,5,13H,3-4,12H2. The van der Waals surface area contributed by atoms with E-state index in [1.807, 2.05) is 17.5 Å². The van der Waals surface area contributed by atoms with Gasteiger partial charge in [0.2, 0.25) is 0 Å². The highest BCUT2D eigenvalue weighted by molar-refractivity contribution is 9.08. The number of aliphatic hydroxyl groups excluding tert-OH is 1. The maximum atomic E-state index is 9.19. The average molecular weight is 272 g/mol. The number of nitrogen functional groups attached to an aromatic ring is 1. The van der Waals surface area contributed by atoms with Crippen LogP contribution in [0.1, 0.15) is 11.1 Å². The third kappa shape index (κ3) is 1.43. The summed E-state index contributed by atoms with van der Waals surface area (Å²) in [6.45, 7) is 0.0729. The van der Waals surface area contributed by atoms with Crippen molar-refractivity contribution in [2.45, 2.75) is 11.9 Å². The number of aliphatic hydroxyl groups is 1. The molecule has 74 valence electrons. The first kappa shape index (κ1) is 9.96. The molecule has 0 unspecified atom stereocenters. The van der Waals surface area contributed by atoms with Gasteiger partial charge >= 0.3 is 0 Å². The summed E-state index contributed by atoms with van der Waals surface area (Å²) < 4.78 is 1.18. The van der Waals surface area contributed by atoms with Gasteiger partial charge in [-0.15, -0.1) is 11.3 Å². The van der Waals surface area contributed by atoms with Crippen molar-refractivity contribution in [3.8, 4) is 0 Å². The fraction of sp³-hybridized carbons (Fsp3) is 0.200. The van der Waals surface area contributed by atoms with Crippen LogP contribution in [0.4, 0.5) is 5.69 Å².